The highest BCUT2D eigenvalue weighted by Gasteiger charge is 2.37. The van der Waals surface area contributed by atoms with Crippen molar-refractivity contribution in [2.24, 2.45) is 0 Å². The zero-order valence-electron chi connectivity index (χ0n) is 23.6. The molecule has 3 aromatic rings. The van der Waals surface area contributed by atoms with Crippen LogP contribution in [0.1, 0.15) is 55.5 Å². The van der Waals surface area contributed by atoms with E-state index in [1.807, 2.05) is 18.3 Å². The Morgan fingerprint density at radius 3 is 2.71 bits per heavy atom. The number of aromatic amines is 1. The summed E-state index contributed by atoms with van der Waals surface area (Å²) < 4.78 is 25.0. The van der Waals surface area contributed by atoms with Crippen LogP contribution in [0.5, 0.6) is 0 Å². The number of fused-ring (bicyclic) bond motifs is 2. The lowest BCUT2D eigenvalue weighted by atomic mass is 10.0. The number of aromatic nitrogens is 1. The monoisotopic (exact) mass is 536 g/mol. The summed E-state index contributed by atoms with van der Waals surface area (Å²) in [6.45, 7) is 13.9. The summed E-state index contributed by atoms with van der Waals surface area (Å²) in [7, 11) is -0.456. The van der Waals surface area contributed by atoms with Crippen LogP contribution in [0.25, 0.3) is 17.0 Å². The van der Waals surface area contributed by atoms with Gasteiger partial charge in [-0.25, -0.2) is 9.18 Å². The number of carbonyl (C=O) groups is 1. The molecule has 0 amide bonds. The number of ether oxygens (including phenoxy) is 1. The van der Waals surface area contributed by atoms with Crippen molar-refractivity contribution in [2.45, 2.75) is 64.2 Å². The molecule has 2 aromatic carbocycles. The molecule has 1 aliphatic rings. The van der Waals surface area contributed by atoms with Gasteiger partial charge in [-0.3, -0.25) is 4.90 Å². The Morgan fingerprint density at radius 1 is 1.18 bits per heavy atom. The molecule has 0 aliphatic heterocycles. The molecule has 1 N–H and O–H groups in total. The zero-order chi connectivity index (χ0) is 27.5. The Hall–Kier alpha value is -2.74. The molecule has 4 rings (SSSR count). The topological polar surface area (TPSA) is 54.6 Å². The summed E-state index contributed by atoms with van der Waals surface area (Å²) in [6, 6.07) is 11.7. The third-order valence-electron chi connectivity index (χ3n) is 8.31. The summed E-state index contributed by atoms with van der Waals surface area (Å²) in [5, 5.41) is 1.25. The average molecular weight is 537 g/mol. The second kappa shape index (κ2) is 11.6. The van der Waals surface area contributed by atoms with E-state index >= 15 is 0 Å². The van der Waals surface area contributed by atoms with Gasteiger partial charge >= 0.3 is 5.97 Å². The number of nitrogens with one attached hydrogen (secondary N) is 1. The smallest absolute Gasteiger partial charge is 0.330 e. The van der Waals surface area contributed by atoms with Gasteiger partial charge in [-0.1, -0.05) is 39.0 Å². The molecule has 0 saturated carbocycles. The summed E-state index contributed by atoms with van der Waals surface area (Å²) in [5.74, 6) is -0.574. The molecule has 5 nitrogen and oxygen atoms in total. The maximum atomic E-state index is 13.7. The van der Waals surface area contributed by atoms with E-state index < -0.39 is 8.32 Å². The molecule has 1 atom stereocenters. The Balaban J connectivity index is 1.53. The molecule has 0 spiro atoms. The number of esters is 1. The number of benzene rings is 2. The summed E-state index contributed by atoms with van der Waals surface area (Å²) >= 11 is 0. The van der Waals surface area contributed by atoms with Crippen molar-refractivity contribution in [3.05, 3.63) is 76.7 Å². The van der Waals surface area contributed by atoms with E-state index in [-0.39, 0.29) is 16.8 Å². The van der Waals surface area contributed by atoms with E-state index in [1.165, 1.54) is 35.9 Å². The third-order valence-corrected chi connectivity index (χ3v) is 12.9. The molecule has 1 aliphatic carbocycles. The van der Waals surface area contributed by atoms with Crippen LogP contribution in [-0.2, 0) is 26.8 Å². The first kappa shape index (κ1) is 28.3. The standard InChI is InChI=1S/C31H41FN2O3Si/c1-31(2,3)38(5,6)37-18-17-34(16-15-24-21-33-28-20-25(32)10-12-26(24)28)29-13-9-23-19-22(7-11-27(23)29)8-14-30(35)36-4/h7-8,10-12,14,19-21,29,33H,9,13,15-18H2,1-6H3. The number of H-pyrrole nitrogens is 1. The number of halogens is 1. The second-order valence-corrected chi connectivity index (χ2v) is 16.6. The third kappa shape index (κ3) is 6.45. The van der Waals surface area contributed by atoms with Gasteiger partial charge in [-0.15, -0.1) is 0 Å². The van der Waals surface area contributed by atoms with Gasteiger partial charge in [0.05, 0.1) is 7.11 Å². The van der Waals surface area contributed by atoms with Gasteiger partial charge in [0.15, 0.2) is 8.32 Å². The quantitative estimate of drug-likeness (QED) is 0.171. The number of nitrogens with zero attached hydrogens (tertiary/aromatic N) is 1. The summed E-state index contributed by atoms with van der Waals surface area (Å²) in [4.78, 5) is 17.3. The van der Waals surface area contributed by atoms with Crippen LogP contribution in [0.3, 0.4) is 0 Å². The van der Waals surface area contributed by atoms with E-state index in [0.717, 1.165) is 48.8 Å². The fraction of sp³-hybridized carbons (Fsp3) is 0.452. The molecular formula is C31H41FN2O3Si. The van der Waals surface area contributed by atoms with Crippen molar-refractivity contribution in [1.29, 1.82) is 0 Å². The van der Waals surface area contributed by atoms with Gasteiger partial charge in [0.1, 0.15) is 5.82 Å². The highest BCUT2D eigenvalue weighted by atomic mass is 28.4. The number of aryl methyl sites for hydroxylation is 1. The van der Waals surface area contributed by atoms with Crippen molar-refractivity contribution in [3.63, 3.8) is 0 Å². The SMILES string of the molecule is COC(=O)C=Cc1ccc2c(c1)CCC2N(CCO[Si](C)(C)C(C)(C)C)CCc1c[nH]c2cc(F)ccc12. The number of rotatable bonds is 10. The van der Waals surface area contributed by atoms with E-state index in [2.05, 4.69) is 61.9 Å². The van der Waals surface area contributed by atoms with E-state index in [0.29, 0.717) is 12.6 Å². The Bertz CT molecular complexity index is 1310. The second-order valence-electron chi connectivity index (χ2n) is 11.8. The first-order valence-corrected chi connectivity index (χ1v) is 16.4. The van der Waals surface area contributed by atoms with E-state index in [4.69, 9.17) is 9.16 Å². The van der Waals surface area contributed by atoms with Crippen LogP contribution in [-0.4, -0.2) is 51.0 Å². The van der Waals surface area contributed by atoms with Gasteiger partial charge in [-0.2, -0.15) is 0 Å². The normalized spacial score (nSPS) is 16.1. The fourth-order valence-electron chi connectivity index (χ4n) is 5.02. The number of hydrogen-bond donors (Lipinski definition) is 1. The number of carbonyl (C=O) groups excluding carboxylic acids is 1. The van der Waals surface area contributed by atoms with Crippen molar-refractivity contribution in [1.82, 2.24) is 9.88 Å². The highest BCUT2D eigenvalue weighted by molar-refractivity contribution is 6.74. The van der Waals surface area contributed by atoms with Gasteiger partial charge < -0.3 is 14.1 Å². The first-order chi connectivity index (χ1) is 18.0. The van der Waals surface area contributed by atoms with Crippen LogP contribution in [0.15, 0.2) is 48.7 Å². The van der Waals surface area contributed by atoms with E-state index in [1.54, 1.807) is 6.07 Å². The predicted molar refractivity (Wildman–Crippen MR) is 155 cm³/mol. The van der Waals surface area contributed by atoms with Crippen molar-refractivity contribution < 1.29 is 18.3 Å². The van der Waals surface area contributed by atoms with Crippen LogP contribution < -0.4 is 0 Å². The highest BCUT2D eigenvalue weighted by Crippen LogP contribution is 2.38. The van der Waals surface area contributed by atoms with Gasteiger partial charge in [-0.05, 0) is 83.9 Å². The van der Waals surface area contributed by atoms with Gasteiger partial charge in [0, 0.05) is 48.9 Å². The molecule has 0 saturated heterocycles. The molecule has 204 valence electrons. The first-order valence-electron chi connectivity index (χ1n) is 13.5. The van der Waals surface area contributed by atoms with E-state index in [9.17, 15) is 9.18 Å². The lowest BCUT2D eigenvalue weighted by Crippen LogP contribution is -2.43. The van der Waals surface area contributed by atoms with Crippen LogP contribution in [0.2, 0.25) is 18.1 Å². The molecule has 38 heavy (non-hydrogen) atoms. The van der Waals surface area contributed by atoms with Crippen molar-refractivity contribution in [3.8, 4) is 0 Å². The average Bonchev–Trinajstić information content (AvgIpc) is 3.47. The van der Waals surface area contributed by atoms with Crippen molar-refractivity contribution in [2.75, 3.05) is 26.8 Å². The minimum atomic E-state index is -1.84. The molecule has 0 bridgehead atoms. The lowest BCUT2D eigenvalue weighted by molar-refractivity contribution is -0.134. The minimum Gasteiger partial charge on any atom is -0.466 e. The fourth-order valence-corrected chi connectivity index (χ4v) is 6.05. The van der Waals surface area contributed by atoms with Gasteiger partial charge in [0.25, 0.3) is 0 Å². The molecule has 1 unspecified atom stereocenters. The summed E-state index contributed by atoms with van der Waals surface area (Å²) in [5.41, 5.74) is 5.74. The zero-order valence-corrected chi connectivity index (χ0v) is 24.6. The lowest BCUT2D eigenvalue weighted by Gasteiger charge is -2.37. The summed E-state index contributed by atoms with van der Waals surface area (Å²) in [6.07, 6.45) is 8.22. The molecule has 0 radical (unpaired) electrons. The van der Waals surface area contributed by atoms with Crippen molar-refractivity contribution >= 4 is 31.3 Å². The number of hydrogen-bond acceptors (Lipinski definition) is 4. The predicted octanol–water partition coefficient (Wildman–Crippen LogP) is 7.05. The Kier molecular flexibility index (Phi) is 8.60. The molecule has 0 fully saturated rings. The molecule has 1 aromatic heterocycles. The minimum absolute atomic E-state index is 0.172. The largest absolute Gasteiger partial charge is 0.466 e. The molecule has 1 heterocycles. The number of methoxy groups -OCH3 is 1. The maximum Gasteiger partial charge on any atom is 0.330 e. The van der Waals surface area contributed by atoms with Crippen LogP contribution in [0.4, 0.5) is 4.39 Å². The Morgan fingerprint density at radius 2 is 1.97 bits per heavy atom. The molecular weight excluding hydrogens is 495 g/mol. The molecule has 7 heteroatoms. The Labute approximate surface area is 227 Å². The maximum absolute atomic E-state index is 13.7. The van der Waals surface area contributed by atoms with Crippen LogP contribution >= 0.6 is 0 Å². The van der Waals surface area contributed by atoms with Crippen LogP contribution in [0, 0.1) is 5.82 Å². The van der Waals surface area contributed by atoms with Gasteiger partial charge in [0.2, 0.25) is 0 Å².